The van der Waals surface area contributed by atoms with Gasteiger partial charge >= 0.3 is 6.09 Å². The number of amides is 1. The zero-order chi connectivity index (χ0) is 14.8. The van der Waals surface area contributed by atoms with Gasteiger partial charge in [-0.25, -0.2) is 4.79 Å². The highest BCUT2D eigenvalue weighted by Crippen LogP contribution is 2.43. The van der Waals surface area contributed by atoms with Crippen molar-refractivity contribution >= 4 is 11.8 Å². The minimum absolute atomic E-state index is 0.119. The zero-order valence-electron chi connectivity index (χ0n) is 12.4. The van der Waals surface area contributed by atoms with Gasteiger partial charge in [0.2, 0.25) is 0 Å². The normalized spacial score (nSPS) is 17.2. The van der Waals surface area contributed by atoms with E-state index in [4.69, 9.17) is 4.74 Å². The van der Waals surface area contributed by atoms with Crippen molar-refractivity contribution in [2.24, 2.45) is 0 Å². The number of hydrogen-bond acceptors (Lipinski definition) is 3. The first-order valence-corrected chi connectivity index (χ1v) is 7.06. The Morgan fingerprint density at radius 2 is 2.10 bits per heavy atom. The average Bonchev–Trinajstić information content (AvgIpc) is 2.26. The molecule has 0 radical (unpaired) electrons. The molecule has 0 aliphatic heterocycles. The first kappa shape index (κ1) is 14.9. The Hall–Kier alpha value is -1.55. The third-order valence-electron chi connectivity index (χ3n) is 3.73. The number of aliphatic hydroxyl groups is 1. The smallest absolute Gasteiger partial charge is 0.412 e. The maximum atomic E-state index is 11.8. The molecule has 2 N–H and O–H groups in total. The van der Waals surface area contributed by atoms with Crippen LogP contribution >= 0.6 is 0 Å². The molecule has 1 aromatic rings. The van der Waals surface area contributed by atoms with Gasteiger partial charge in [-0.1, -0.05) is 18.6 Å². The average molecular weight is 277 g/mol. The van der Waals surface area contributed by atoms with Gasteiger partial charge in [0.25, 0.3) is 0 Å². The number of nitrogens with one attached hydrogen (secondary N) is 1. The lowest BCUT2D eigenvalue weighted by Crippen LogP contribution is -2.38. The number of ether oxygens (including phenoxy) is 1. The van der Waals surface area contributed by atoms with Crippen molar-refractivity contribution < 1.29 is 14.6 Å². The minimum atomic E-state index is -0.512. The van der Waals surface area contributed by atoms with Crippen LogP contribution in [0.2, 0.25) is 0 Å². The van der Waals surface area contributed by atoms with Gasteiger partial charge in [-0.15, -0.1) is 0 Å². The van der Waals surface area contributed by atoms with Gasteiger partial charge in [-0.3, -0.25) is 5.32 Å². The largest absolute Gasteiger partial charge is 0.444 e. The summed E-state index contributed by atoms with van der Waals surface area (Å²) in [4.78, 5) is 11.8. The Balaban J connectivity index is 2.09. The summed E-state index contributed by atoms with van der Waals surface area (Å²) in [5.41, 5.74) is 1.16. The van der Waals surface area contributed by atoms with Crippen LogP contribution in [0.1, 0.15) is 45.6 Å². The molecule has 0 atom stereocenters. The highest BCUT2D eigenvalue weighted by molar-refractivity contribution is 5.85. The van der Waals surface area contributed by atoms with E-state index in [-0.39, 0.29) is 12.0 Å². The van der Waals surface area contributed by atoms with E-state index in [1.54, 1.807) is 0 Å². The summed E-state index contributed by atoms with van der Waals surface area (Å²) in [5.74, 6) is 0. The first-order valence-electron chi connectivity index (χ1n) is 7.06. The van der Waals surface area contributed by atoms with Crippen molar-refractivity contribution in [3.05, 3.63) is 29.8 Å². The van der Waals surface area contributed by atoms with Gasteiger partial charge in [0.05, 0.1) is 6.61 Å². The Morgan fingerprint density at radius 3 is 2.60 bits per heavy atom. The van der Waals surface area contributed by atoms with Crippen molar-refractivity contribution in [1.29, 1.82) is 0 Å². The van der Waals surface area contributed by atoms with Crippen molar-refractivity contribution in [3.63, 3.8) is 0 Å². The molecule has 1 aromatic carbocycles. The third kappa shape index (κ3) is 3.31. The van der Waals surface area contributed by atoms with Gasteiger partial charge in [-0.05, 0) is 51.3 Å². The monoisotopic (exact) mass is 277 g/mol. The van der Waals surface area contributed by atoms with Crippen LogP contribution in [0.15, 0.2) is 24.3 Å². The second kappa shape index (κ2) is 5.44. The molecule has 2 rings (SSSR count). The third-order valence-corrected chi connectivity index (χ3v) is 3.73. The van der Waals surface area contributed by atoms with Crippen LogP contribution in [0.5, 0.6) is 0 Å². The summed E-state index contributed by atoms with van der Waals surface area (Å²) in [5, 5.41) is 12.3. The molecular formula is C16H23NO3. The number of carbonyl (C=O) groups excluding carboxylic acids is 1. The van der Waals surface area contributed by atoms with Gasteiger partial charge < -0.3 is 9.84 Å². The molecule has 4 heteroatoms. The van der Waals surface area contributed by atoms with Crippen LogP contribution in [0.3, 0.4) is 0 Å². The maximum Gasteiger partial charge on any atom is 0.412 e. The Morgan fingerprint density at radius 1 is 1.40 bits per heavy atom. The topological polar surface area (TPSA) is 58.6 Å². The van der Waals surface area contributed by atoms with E-state index in [0.29, 0.717) is 5.69 Å². The van der Waals surface area contributed by atoms with E-state index in [9.17, 15) is 9.90 Å². The molecule has 0 bridgehead atoms. The highest BCUT2D eigenvalue weighted by Gasteiger charge is 2.38. The van der Waals surface area contributed by atoms with Gasteiger partial charge in [0.15, 0.2) is 0 Å². The van der Waals surface area contributed by atoms with Crippen molar-refractivity contribution in [1.82, 2.24) is 0 Å². The summed E-state index contributed by atoms with van der Waals surface area (Å²) in [6.07, 6.45) is 2.68. The molecule has 1 aliphatic rings. The molecule has 1 saturated carbocycles. The predicted octanol–water partition coefficient (Wildman–Crippen LogP) is 3.45. The molecular weight excluding hydrogens is 254 g/mol. The van der Waals surface area contributed by atoms with E-state index in [1.165, 1.54) is 0 Å². The van der Waals surface area contributed by atoms with Crippen LogP contribution in [0.25, 0.3) is 0 Å². The second-order valence-electron chi connectivity index (χ2n) is 6.50. The van der Waals surface area contributed by atoms with E-state index < -0.39 is 11.7 Å². The Labute approximate surface area is 120 Å². The molecule has 0 heterocycles. The fourth-order valence-corrected chi connectivity index (χ4v) is 2.49. The maximum absolute atomic E-state index is 11.8. The zero-order valence-corrected chi connectivity index (χ0v) is 12.4. The quantitative estimate of drug-likeness (QED) is 0.889. The molecule has 110 valence electrons. The lowest BCUT2D eigenvalue weighted by atomic mass is 9.65. The molecule has 0 spiro atoms. The SMILES string of the molecule is CC(C)(C)OC(=O)Nc1cccc(C2(CO)CCC2)c1. The summed E-state index contributed by atoms with van der Waals surface area (Å²) < 4.78 is 5.23. The van der Waals surface area contributed by atoms with Crippen LogP contribution in [-0.4, -0.2) is 23.4 Å². The van der Waals surface area contributed by atoms with Crippen molar-refractivity contribution in [2.75, 3.05) is 11.9 Å². The summed E-state index contributed by atoms with van der Waals surface area (Å²) >= 11 is 0. The lowest BCUT2D eigenvalue weighted by Gasteiger charge is -2.41. The van der Waals surface area contributed by atoms with Gasteiger partial charge in [0.1, 0.15) is 5.60 Å². The van der Waals surface area contributed by atoms with Crippen molar-refractivity contribution in [2.45, 2.75) is 51.0 Å². The number of carbonyl (C=O) groups is 1. The van der Waals surface area contributed by atoms with E-state index >= 15 is 0 Å². The van der Waals surface area contributed by atoms with E-state index in [2.05, 4.69) is 5.32 Å². The summed E-state index contributed by atoms with van der Waals surface area (Å²) in [7, 11) is 0. The Bertz CT molecular complexity index is 481. The number of aliphatic hydroxyl groups excluding tert-OH is 1. The molecule has 0 saturated heterocycles. The van der Waals surface area contributed by atoms with Crippen LogP contribution < -0.4 is 5.32 Å². The Kier molecular flexibility index (Phi) is 4.04. The van der Waals surface area contributed by atoms with Crippen LogP contribution in [0.4, 0.5) is 10.5 Å². The highest BCUT2D eigenvalue weighted by atomic mass is 16.6. The molecule has 1 fully saturated rings. The van der Waals surface area contributed by atoms with Gasteiger partial charge in [-0.2, -0.15) is 0 Å². The number of anilines is 1. The molecule has 0 aromatic heterocycles. The molecule has 1 aliphatic carbocycles. The minimum Gasteiger partial charge on any atom is -0.444 e. The fourth-order valence-electron chi connectivity index (χ4n) is 2.49. The number of rotatable bonds is 3. The molecule has 0 unspecified atom stereocenters. The fraction of sp³-hybridized carbons (Fsp3) is 0.562. The molecule has 1 amide bonds. The van der Waals surface area contributed by atoms with E-state index in [1.807, 2.05) is 45.0 Å². The lowest BCUT2D eigenvalue weighted by molar-refractivity contribution is 0.0636. The van der Waals surface area contributed by atoms with E-state index in [0.717, 1.165) is 24.8 Å². The van der Waals surface area contributed by atoms with Crippen molar-refractivity contribution in [3.8, 4) is 0 Å². The number of benzene rings is 1. The second-order valence-corrected chi connectivity index (χ2v) is 6.50. The summed E-state index contributed by atoms with van der Waals surface area (Å²) in [6.45, 7) is 5.65. The van der Waals surface area contributed by atoms with Gasteiger partial charge in [0, 0.05) is 11.1 Å². The first-order chi connectivity index (χ1) is 9.35. The molecule has 20 heavy (non-hydrogen) atoms. The van der Waals surface area contributed by atoms with Crippen LogP contribution in [0, 0.1) is 0 Å². The standard InChI is InChI=1S/C16H23NO3/c1-15(2,3)20-14(19)17-13-7-4-6-12(10-13)16(11-18)8-5-9-16/h4,6-7,10,18H,5,8-9,11H2,1-3H3,(H,17,19). The summed E-state index contributed by atoms with van der Waals surface area (Å²) in [6, 6.07) is 7.67. The predicted molar refractivity (Wildman–Crippen MR) is 78.9 cm³/mol. The molecule has 4 nitrogen and oxygen atoms in total. The van der Waals surface area contributed by atoms with Crippen LogP contribution in [-0.2, 0) is 10.2 Å². The number of hydrogen-bond donors (Lipinski definition) is 2.